The Balaban J connectivity index is 1.07. The van der Waals surface area contributed by atoms with Crippen LogP contribution < -0.4 is 21.9 Å². The van der Waals surface area contributed by atoms with Crippen LogP contribution >= 0.6 is 0 Å². The fourth-order valence-electron chi connectivity index (χ4n) is 5.12. The predicted octanol–water partition coefficient (Wildman–Crippen LogP) is 2.25. The van der Waals surface area contributed by atoms with Crippen molar-refractivity contribution in [2.24, 2.45) is 0 Å². The lowest BCUT2D eigenvalue weighted by Gasteiger charge is -2.35. The van der Waals surface area contributed by atoms with Crippen LogP contribution in [0.25, 0.3) is 0 Å². The molecule has 0 saturated carbocycles. The summed E-state index contributed by atoms with van der Waals surface area (Å²) in [6.45, 7) is 7.51. The molecule has 4 nitrogen and oxygen atoms in total. The Hall–Kier alpha value is -3.15. The molecule has 192 valence electrons. The number of hydrogen-bond acceptors (Lipinski definition) is 4. The van der Waals surface area contributed by atoms with Crippen LogP contribution in [0.3, 0.4) is 0 Å². The van der Waals surface area contributed by atoms with Gasteiger partial charge < -0.3 is 9.31 Å². The first-order valence-corrected chi connectivity index (χ1v) is 13.7. The lowest BCUT2D eigenvalue weighted by molar-refractivity contribution is 0.106. The number of benzene rings is 4. The van der Waals surface area contributed by atoms with Crippen molar-refractivity contribution in [3.05, 3.63) is 121 Å². The van der Waals surface area contributed by atoms with E-state index in [1.807, 2.05) is 0 Å². The van der Waals surface area contributed by atoms with Crippen molar-refractivity contribution in [1.29, 1.82) is 0 Å². The summed E-state index contributed by atoms with van der Waals surface area (Å²) >= 11 is 0. The summed E-state index contributed by atoms with van der Waals surface area (Å²) in [5.41, 5.74) is 4.81. The molecule has 5 rings (SSSR count). The van der Waals surface area contributed by atoms with Crippen molar-refractivity contribution in [2.75, 3.05) is 52.5 Å². The fraction of sp³-hybridized carbons (Fsp3) is 0.250. The largest absolute Gasteiger partial charge is 0.426 e. The molecule has 0 unspecified atom stereocenters. The van der Waals surface area contributed by atoms with E-state index < -0.39 is 0 Å². The molecule has 4 aromatic rings. The molecule has 0 aliphatic carbocycles. The Morgan fingerprint density at radius 1 is 0.421 bits per heavy atom. The smallest absolute Gasteiger partial charge is 0.361 e. The molecule has 1 heterocycles. The van der Waals surface area contributed by atoms with Crippen LogP contribution in [0, 0.1) is 0 Å². The number of rotatable bonds is 12. The summed E-state index contributed by atoms with van der Waals surface area (Å²) in [5.74, 6) is 0. The van der Waals surface area contributed by atoms with Gasteiger partial charge in [0, 0.05) is 52.5 Å². The molecule has 1 aliphatic heterocycles. The molecule has 0 spiro atoms. The molecular weight excluding hydrogens is 466 g/mol. The van der Waals surface area contributed by atoms with Crippen molar-refractivity contribution in [2.45, 2.75) is 0 Å². The van der Waals surface area contributed by atoms with Crippen LogP contribution in [0.1, 0.15) is 0 Å². The molecule has 0 atom stereocenters. The summed E-state index contributed by atoms with van der Waals surface area (Å²) in [6, 6.07) is 42.1. The Morgan fingerprint density at radius 2 is 0.684 bits per heavy atom. The molecule has 0 N–H and O–H groups in total. The first-order valence-electron chi connectivity index (χ1n) is 13.7. The zero-order valence-corrected chi connectivity index (χ0v) is 22.1. The maximum atomic E-state index is 6.44. The highest BCUT2D eigenvalue weighted by Gasteiger charge is 2.24. The van der Waals surface area contributed by atoms with E-state index in [1.54, 1.807) is 0 Å². The Kier molecular flexibility index (Phi) is 9.84. The molecule has 4 aromatic carbocycles. The topological polar surface area (TPSA) is 24.9 Å². The van der Waals surface area contributed by atoms with Crippen LogP contribution in [-0.4, -0.2) is 76.1 Å². The average Bonchev–Trinajstić information content (AvgIpc) is 3.00. The Morgan fingerprint density at radius 3 is 0.947 bits per heavy atom. The van der Waals surface area contributed by atoms with Gasteiger partial charge in [-0.25, -0.2) is 0 Å². The lowest BCUT2D eigenvalue weighted by atomic mass is 9.55. The van der Waals surface area contributed by atoms with Gasteiger partial charge in [0.1, 0.15) is 0 Å². The highest BCUT2D eigenvalue weighted by molar-refractivity contribution is 6.80. The average molecular weight is 502 g/mol. The van der Waals surface area contributed by atoms with Crippen LogP contribution in [0.2, 0.25) is 0 Å². The minimum absolute atomic E-state index is 0.0296. The van der Waals surface area contributed by atoms with E-state index in [2.05, 4.69) is 131 Å². The summed E-state index contributed by atoms with van der Waals surface area (Å²) in [5, 5.41) is 0. The summed E-state index contributed by atoms with van der Waals surface area (Å²) in [6.07, 6.45) is 0. The number of piperazine rings is 1. The standard InChI is InChI=1S/C32H36B2N2O2/c1-5-13-29(14-6-1)33(30-15-7-2-8-16-30)37-27-25-35-21-23-36(24-22-35)26-28-38-34(31-17-9-3-10-18-31)32-19-11-4-12-20-32/h1-20H,21-28H2. The van der Waals surface area contributed by atoms with E-state index in [1.165, 1.54) is 21.9 Å². The van der Waals surface area contributed by atoms with E-state index in [9.17, 15) is 0 Å². The zero-order valence-electron chi connectivity index (χ0n) is 22.1. The quantitative estimate of drug-likeness (QED) is 0.278. The van der Waals surface area contributed by atoms with Crippen molar-refractivity contribution in [3.63, 3.8) is 0 Å². The monoisotopic (exact) mass is 502 g/mol. The second-order valence-electron chi connectivity index (χ2n) is 9.83. The van der Waals surface area contributed by atoms with Gasteiger partial charge in [-0.3, -0.25) is 9.80 Å². The van der Waals surface area contributed by atoms with Gasteiger partial charge in [-0.1, -0.05) is 121 Å². The SMILES string of the molecule is c1ccc(B(OCCN2CCN(CCOB(c3ccccc3)c3ccccc3)CC2)c2ccccc2)cc1. The first kappa shape index (κ1) is 26.5. The third-order valence-corrected chi connectivity index (χ3v) is 7.26. The minimum Gasteiger partial charge on any atom is -0.426 e. The Bertz CT molecular complexity index is 1020. The number of nitrogens with zero attached hydrogens (tertiary/aromatic N) is 2. The maximum absolute atomic E-state index is 6.44. The van der Waals surface area contributed by atoms with Crippen molar-refractivity contribution >= 4 is 35.7 Å². The van der Waals surface area contributed by atoms with Crippen molar-refractivity contribution in [3.8, 4) is 0 Å². The summed E-state index contributed by atoms with van der Waals surface area (Å²) < 4.78 is 12.9. The minimum atomic E-state index is -0.0296. The van der Waals surface area contributed by atoms with E-state index >= 15 is 0 Å². The first-order chi connectivity index (χ1) is 18.9. The molecule has 0 bridgehead atoms. The molecule has 0 aromatic heterocycles. The van der Waals surface area contributed by atoms with Gasteiger partial charge in [0.15, 0.2) is 0 Å². The van der Waals surface area contributed by atoms with Gasteiger partial charge in [-0.15, -0.1) is 0 Å². The summed E-state index contributed by atoms with van der Waals surface area (Å²) in [7, 11) is 0. The van der Waals surface area contributed by atoms with E-state index in [0.717, 1.165) is 39.3 Å². The van der Waals surface area contributed by atoms with E-state index in [4.69, 9.17) is 9.31 Å². The molecule has 0 radical (unpaired) electrons. The van der Waals surface area contributed by atoms with Crippen LogP contribution in [0.5, 0.6) is 0 Å². The highest BCUT2D eigenvalue weighted by Crippen LogP contribution is 2.03. The predicted molar refractivity (Wildman–Crippen MR) is 161 cm³/mol. The summed E-state index contributed by atoms with van der Waals surface area (Å²) in [4.78, 5) is 5.03. The second-order valence-corrected chi connectivity index (χ2v) is 9.83. The Labute approximate surface area is 228 Å². The van der Waals surface area contributed by atoms with Crippen LogP contribution in [-0.2, 0) is 9.31 Å². The third kappa shape index (κ3) is 7.46. The molecule has 1 aliphatic rings. The molecule has 0 amide bonds. The normalized spacial score (nSPS) is 14.3. The fourth-order valence-corrected chi connectivity index (χ4v) is 5.12. The van der Waals surface area contributed by atoms with Gasteiger partial charge in [-0.2, -0.15) is 0 Å². The molecule has 38 heavy (non-hydrogen) atoms. The molecule has 1 fully saturated rings. The number of hydrogen-bond donors (Lipinski definition) is 0. The second kappa shape index (κ2) is 14.1. The van der Waals surface area contributed by atoms with E-state index in [0.29, 0.717) is 13.2 Å². The van der Waals surface area contributed by atoms with Gasteiger partial charge in [0.2, 0.25) is 0 Å². The molecule has 1 saturated heterocycles. The molecular formula is C32H36B2N2O2. The highest BCUT2D eigenvalue weighted by atomic mass is 16.4. The lowest BCUT2D eigenvalue weighted by Crippen LogP contribution is -2.51. The van der Waals surface area contributed by atoms with Crippen molar-refractivity contribution in [1.82, 2.24) is 9.80 Å². The van der Waals surface area contributed by atoms with Crippen LogP contribution in [0.15, 0.2) is 121 Å². The maximum Gasteiger partial charge on any atom is 0.361 e. The zero-order chi connectivity index (χ0) is 25.8. The van der Waals surface area contributed by atoms with Crippen molar-refractivity contribution < 1.29 is 9.31 Å². The van der Waals surface area contributed by atoms with Gasteiger partial charge in [0.05, 0.1) is 0 Å². The van der Waals surface area contributed by atoms with E-state index in [-0.39, 0.29) is 13.8 Å². The van der Waals surface area contributed by atoms with Crippen LogP contribution in [0.4, 0.5) is 0 Å². The van der Waals surface area contributed by atoms with Gasteiger partial charge in [-0.05, 0) is 21.9 Å². The molecule has 6 heteroatoms. The van der Waals surface area contributed by atoms with Gasteiger partial charge >= 0.3 is 13.8 Å². The third-order valence-electron chi connectivity index (χ3n) is 7.26. The van der Waals surface area contributed by atoms with Gasteiger partial charge in [0.25, 0.3) is 0 Å².